The van der Waals surface area contributed by atoms with Crippen LogP contribution in [0, 0.1) is 0 Å². The molecule has 0 saturated heterocycles. The molecule has 1 atom stereocenters. The number of aromatic hydroxyl groups is 1. The maximum Gasteiger partial charge on any atom is 0.268 e. The van der Waals surface area contributed by atoms with E-state index in [-0.39, 0.29) is 11.7 Å². The number of methoxy groups -OCH3 is 1. The lowest BCUT2D eigenvalue weighted by Crippen LogP contribution is -2.28. The zero-order chi connectivity index (χ0) is 16.2. The molecule has 1 aliphatic heterocycles. The van der Waals surface area contributed by atoms with Crippen LogP contribution in [0.4, 0.5) is 5.69 Å². The van der Waals surface area contributed by atoms with Crippen LogP contribution in [0.5, 0.6) is 11.5 Å². The normalized spacial score (nSPS) is 16.4. The number of oxime groups is 1. The van der Waals surface area contributed by atoms with E-state index in [9.17, 15) is 9.90 Å². The highest BCUT2D eigenvalue weighted by Gasteiger charge is 2.29. The smallest absolute Gasteiger partial charge is 0.268 e. The predicted molar refractivity (Wildman–Crippen MR) is 85.8 cm³/mol. The summed E-state index contributed by atoms with van der Waals surface area (Å²) in [5.41, 5.74) is 2.11. The van der Waals surface area contributed by atoms with Crippen molar-refractivity contribution < 1.29 is 19.5 Å². The summed E-state index contributed by atoms with van der Waals surface area (Å²) in [6.07, 6.45) is -0.300. The first kappa shape index (κ1) is 14.9. The minimum absolute atomic E-state index is 0.0883. The monoisotopic (exact) mass is 312 g/mol. The third-order valence-electron chi connectivity index (χ3n) is 3.50. The van der Waals surface area contributed by atoms with E-state index in [1.807, 2.05) is 24.3 Å². The zero-order valence-electron chi connectivity index (χ0n) is 12.5. The summed E-state index contributed by atoms with van der Waals surface area (Å²) in [6.45, 7) is 0. The summed E-state index contributed by atoms with van der Waals surface area (Å²) in [7, 11) is 1.60. The SMILES string of the molecule is COc1ccc(C2=NO[C@@H](C(=O)Nc3cccc(O)c3)C2)cc1. The van der Waals surface area contributed by atoms with Crippen LogP contribution in [0.25, 0.3) is 0 Å². The Labute approximate surface area is 133 Å². The van der Waals surface area contributed by atoms with Crippen molar-refractivity contribution in [1.29, 1.82) is 0 Å². The molecule has 1 amide bonds. The Morgan fingerprint density at radius 1 is 1.30 bits per heavy atom. The fourth-order valence-corrected chi connectivity index (χ4v) is 2.28. The van der Waals surface area contributed by atoms with E-state index in [0.29, 0.717) is 17.8 Å². The number of hydrogen-bond acceptors (Lipinski definition) is 5. The van der Waals surface area contributed by atoms with Crippen molar-refractivity contribution in [1.82, 2.24) is 0 Å². The van der Waals surface area contributed by atoms with Gasteiger partial charge in [0.15, 0.2) is 0 Å². The van der Waals surface area contributed by atoms with E-state index in [0.717, 1.165) is 11.3 Å². The van der Waals surface area contributed by atoms with Crippen LogP contribution in [-0.4, -0.2) is 29.9 Å². The number of ether oxygens (including phenoxy) is 1. The van der Waals surface area contributed by atoms with Crippen molar-refractivity contribution in [3.05, 3.63) is 54.1 Å². The van der Waals surface area contributed by atoms with Gasteiger partial charge in [-0.3, -0.25) is 4.79 Å². The number of anilines is 1. The molecule has 0 saturated carbocycles. The van der Waals surface area contributed by atoms with Gasteiger partial charge in [0.25, 0.3) is 5.91 Å². The van der Waals surface area contributed by atoms with Gasteiger partial charge in [-0.2, -0.15) is 0 Å². The molecule has 0 fully saturated rings. The molecule has 2 aromatic carbocycles. The highest BCUT2D eigenvalue weighted by atomic mass is 16.6. The molecule has 0 radical (unpaired) electrons. The Balaban J connectivity index is 1.62. The molecule has 1 aliphatic rings. The lowest BCUT2D eigenvalue weighted by atomic mass is 10.0. The molecule has 6 nitrogen and oxygen atoms in total. The van der Waals surface area contributed by atoms with Gasteiger partial charge in [-0.15, -0.1) is 0 Å². The van der Waals surface area contributed by atoms with Crippen molar-refractivity contribution >= 4 is 17.3 Å². The van der Waals surface area contributed by atoms with Crippen LogP contribution >= 0.6 is 0 Å². The van der Waals surface area contributed by atoms with Gasteiger partial charge in [0.1, 0.15) is 11.5 Å². The van der Waals surface area contributed by atoms with Gasteiger partial charge >= 0.3 is 0 Å². The van der Waals surface area contributed by atoms with E-state index in [4.69, 9.17) is 9.57 Å². The molecule has 118 valence electrons. The second-order valence-corrected chi connectivity index (χ2v) is 5.10. The number of phenolic OH excluding ortho intramolecular Hbond substituents is 1. The maximum atomic E-state index is 12.2. The number of hydrogen-bond donors (Lipinski definition) is 2. The molecule has 0 spiro atoms. The first-order valence-corrected chi connectivity index (χ1v) is 7.13. The van der Waals surface area contributed by atoms with E-state index in [2.05, 4.69) is 10.5 Å². The first-order chi connectivity index (χ1) is 11.2. The molecule has 0 aliphatic carbocycles. The summed E-state index contributed by atoms with van der Waals surface area (Å²) in [5.74, 6) is 0.541. The third kappa shape index (κ3) is 3.42. The Morgan fingerprint density at radius 3 is 2.78 bits per heavy atom. The van der Waals surface area contributed by atoms with Crippen molar-refractivity contribution in [2.75, 3.05) is 12.4 Å². The van der Waals surface area contributed by atoms with E-state index >= 15 is 0 Å². The third-order valence-corrected chi connectivity index (χ3v) is 3.50. The minimum atomic E-state index is -0.686. The summed E-state index contributed by atoms with van der Waals surface area (Å²) in [5, 5.41) is 16.1. The Kier molecular flexibility index (Phi) is 4.14. The molecule has 1 heterocycles. The Morgan fingerprint density at radius 2 is 2.09 bits per heavy atom. The molecule has 0 bridgehead atoms. The second kappa shape index (κ2) is 6.39. The van der Waals surface area contributed by atoms with Gasteiger partial charge in [0, 0.05) is 18.2 Å². The minimum Gasteiger partial charge on any atom is -0.508 e. The van der Waals surface area contributed by atoms with E-state index in [1.54, 1.807) is 19.2 Å². The summed E-state index contributed by atoms with van der Waals surface area (Å²) in [6, 6.07) is 13.8. The fourth-order valence-electron chi connectivity index (χ4n) is 2.28. The van der Waals surface area contributed by atoms with Gasteiger partial charge in [0.2, 0.25) is 6.10 Å². The lowest BCUT2D eigenvalue weighted by molar-refractivity contribution is -0.125. The number of nitrogens with zero attached hydrogens (tertiary/aromatic N) is 1. The molecule has 6 heteroatoms. The number of phenols is 1. The van der Waals surface area contributed by atoms with Gasteiger partial charge in [0.05, 0.1) is 12.8 Å². The molecule has 2 N–H and O–H groups in total. The predicted octanol–water partition coefficient (Wildman–Crippen LogP) is 2.53. The Bertz CT molecular complexity index is 741. The Hall–Kier alpha value is -3.02. The van der Waals surface area contributed by atoms with Crippen molar-refractivity contribution in [2.45, 2.75) is 12.5 Å². The average Bonchev–Trinajstić information content (AvgIpc) is 3.05. The van der Waals surface area contributed by atoms with E-state index in [1.165, 1.54) is 12.1 Å². The van der Waals surface area contributed by atoms with Crippen LogP contribution < -0.4 is 10.1 Å². The molecular formula is C17H16N2O4. The van der Waals surface area contributed by atoms with Gasteiger partial charge in [-0.25, -0.2) is 0 Å². The van der Waals surface area contributed by atoms with Crippen LogP contribution in [0.2, 0.25) is 0 Å². The molecule has 23 heavy (non-hydrogen) atoms. The lowest BCUT2D eigenvalue weighted by Gasteiger charge is -2.09. The second-order valence-electron chi connectivity index (χ2n) is 5.10. The van der Waals surface area contributed by atoms with E-state index < -0.39 is 6.10 Å². The molecule has 2 aromatic rings. The van der Waals surface area contributed by atoms with Crippen LogP contribution in [0.1, 0.15) is 12.0 Å². The van der Waals surface area contributed by atoms with Gasteiger partial charge in [-0.05, 0) is 42.0 Å². The van der Waals surface area contributed by atoms with Crippen LogP contribution in [0.15, 0.2) is 53.7 Å². The number of nitrogens with one attached hydrogen (secondary N) is 1. The average molecular weight is 312 g/mol. The van der Waals surface area contributed by atoms with Crippen molar-refractivity contribution in [2.24, 2.45) is 5.16 Å². The van der Waals surface area contributed by atoms with Crippen molar-refractivity contribution in [3.63, 3.8) is 0 Å². The summed E-state index contributed by atoms with van der Waals surface area (Å²) >= 11 is 0. The number of rotatable bonds is 4. The van der Waals surface area contributed by atoms with Gasteiger partial charge < -0.3 is 20.0 Å². The van der Waals surface area contributed by atoms with Crippen LogP contribution in [-0.2, 0) is 9.63 Å². The topological polar surface area (TPSA) is 80.2 Å². The molecule has 3 rings (SSSR count). The van der Waals surface area contributed by atoms with Crippen LogP contribution in [0.3, 0.4) is 0 Å². The zero-order valence-corrected chi connectivity index (χ0v) is 12.5. The summed E-state index contributed by atoms with van der Waals surface area (Å²) in [4.78, 5) is 17.4. The number of benzene rings is 2. The highest BCUT2D eigenvalue weighted by Crippen LogP contribution is 2.21. The quantitative estimate of drug-likeness (QED) is 0.909. The largest absolute Gasteiger partial charge is 0.508 e. The molecule has 0 aromatic heterocycles. The first-order valence-electron chi connectivity index (χ1n) is 7.13. The van der Waals surface area contributed by atoms with Gasteiger partial charge in [-0.1, -0.05) is 11.2 Å². The molecule has 0 unspecified atom stereocenters. The highest BCUT2D eigenvalue weighted by molar-refractivity contribution is 6.06. The standard InChI is InChI=1S/C17H16N2O4/c1-22-14-7-5-11(6-8-14)15-10-16(23-19-15)17(21)18-12-3-2-4-13(20)9-12/h2-9,16,20H,10H2,1H3,(H,18,21)/t16-/m1/s1. The number of carbonyl (C=O) groups is 1. The number of carbonyl (C=O) groups excluding carboxylic acids is 1. The maximum absolute atomic E-state index is 12.2. The number of amides is 1. The fraction of sp³-hybridized carbons (Fsp3) is 0.176. The molecular weight excluding hydrogens is 296 g/mol. The summed E-state index contributed by atoms with van der Waals surface area (Å²) < 4.78 is 5.11. The van der Waals surface area contributed by atoms with Crippen molar-refractivity contribution in [3.8, 4) is 11.5 Å².